The molecule has 0 fully saturated rings. The lowest BCUT2D eigenvalue weighted by molar-refractivity contribution is 0.669. The number of amidine groups is 2. The third-order valence-electron chi connectivity index (χ3n) is 5.68. The molecule has 4 nitrogen and oxygen atoms in total. The molecule has 1 atom stereocenters. The van der Waals surface area contributed by atoms with Crippen LogP contribution in [-0.4, -0.2) is 11.1 Å². The van der Waals surface area contributed by atoms with Gasteiger partial charge in [-0.2, -0.15) is 0 Å². The molecule has 6 rings (SSSR count). The first-order chi connectivity index (χ1) is 15.8. The summed E-state index contributed by atoms with van der Waals surface area (Å²) in [6, 6.07) is 32.6. The fourth-order valence-electron chi connectivity index (χ4n) is 4.16. The van der Waals surface area contributed by atoms with E-state index in [1.165, 1.54) is 5.56 Å². The second-order valence-electron chi connectivity index (χ2n) is 7.66. The number of nitrogens with one attached hydrogen (secondary N) is 1. The summed E-state index contributed by atoms with van der Waals surface area (Å²) < 4.78 is 6.03. The van der Waals surface area contributed by atoms with E-state index >= 15 is 0 Å². The average molecular weight is 436 g/mol. The molecule has 0 radical (unpaired) electrons. The van der Waals surface area contributed by atoms with Crippen LogP contribution in [0.1, 0.15) is 17.3 Å². The van der Waals surface area contributed by atoms with Crippen LogP contribution in [0.2, 0.25) is 0 Å². The first-order valence-electron chi connectivity index (χ1n) is 10.4. The Bertz CT molecular complexity index is 1500. The quantitative estimate of drug-likeness (QED) is 0.313. The minimum Gasteiger partial charge on any atom is -0.456 e. The Morgan fingerprint density at radius 2 is 1.41 bits per heavy atom. The highest BCUT2D eigenvalue weighted by atomic mass is 35.5. The summed E-state index contributed by atoms with van der Waals surface area (Å²) in [4.78, 5) is 9.42. The van der Waals surface area contributed by atoms with Gasteiger partial charge < -0.3 is 9.73 Å². The largest absolute Gasteiger partial charge is 0.456 e. The normalized spacial score (nSPS) is 16.0. The van der Waals surface area contributed by atoms with Gasteiger partial charge >= 0.3 is 0 Å². The van der Waals surface area contributed by atoms with Crippen molar-refractivity contribution < 1.29 is 4.42 Å². The van der Waals surface area contributed by atoms with E-state index < -0.39 is 6.17 Å². The number of hydrogen-bond acceptors (Lipinski definition) is 4. The van der Waals surface area contributed by atoms with Crippen molar-refractivity contribution in [2.75, 3.05) is 0 Å². The summed E-state index contributed by atoms with van der Waals surface area (Å²) in [6.07, 6.45) is -0.419. The minimum absolute atomic E-state index is 0.317. The summed E-state index contributed by atoms with van der Waals surface area (Å²) >= 11 is 6.41. The highest BCUT2D eigenvalue weighted by Crippen LogP contribution is 2.33. The van der Waals surface area contributed by atoms with Crippen LogP contribution in [0.15, 0.2) is 111 Å². The van der Waals surface area contributed by atoms with Crippen LogP contribution >= 0.6 is 11.6 Å². The Kier molecular flexibility index (Phi) is 4.51. The molecule has 0 saturated heterocycles. The van der Waals surface area contributed by atoms with Gasteiger partial charge in [-0.05, 0) is 40.4 Å². The van der Waals surface area contributed by atoms with Gasteiger partial charge in [-0.1, -0.05) is 84.9 Å². The van der Waals surface area contributed by atoms with Crippen molar-refractivity contribution in [3.8, 4) is 11.1 Å². The van der Waals surface area contributed by atoms with Gasteiger partial charge in [0.2, 0.25) is 0 Å². The van der Waals surface area contributed by atoms with Gasteiger partial charge in [0.25, 0.3) is 0 Å². The van der Waals surface area contributed by atoms with Crippen LogP contribution in [0, 0.1) is 0 Å². The molecule has 1 aliphatic heterocycles. The smallest absolute Gasteiger partial charge is 0.199 e. The molecule has 0 saturated carbocycles. The SMILES string of the molecule is ClC1=NC(c2ccc(-c3ccccc3)cc2)N=C(c2cccc3oc4ccccc4c23)N1. The first-order valence-corrected chi connectivity index (χ1v) is 10.8. The Morgan fingerprint density at radius 3 is 2.25 bits per heavy atom. The van der Waals surface area contributed by atoms with Crippen LogP contribution in [0.25, 0.3) is 33.1 Å². The lowest BCUT2D eigenvalue weighted by Gasteiger charge is -2.19. The fourth-order valence-corrected chi connectivity index (χ4v) is 4.34. The van der Waals surface area contributed by atoms with Crippen LogP contribution < -0.4 is 5.32 Å². The van der Waals surface area contributed by atoms with Crippen LogP contribution in [0.3, 0.4) is 0 Å². The number of furan rings is 1. The zero-order valence-corrected chi connectivity index (χ0v) is 17.8. The van der Waals surface area contributed by atoms with Crippen molar-refractivity contribution in [1.82, 2.24) is 5.32 Å². The molecular formula is C27H18ClN3O. The Balaban J connectivity index is 1.42. The molecule has 0 spiro atoms. The van der Waals surface area contributed by atoms with Crippen molar-refractivity contribution >= 4 is 44.7 Å². The summed E-state index contributed by atoms with van der Waals surface area (Å²) in [5, 5.41) is 5.52. The Morgan fingerprint density at radius 1 is 0.688 bits per heavy atom. The molecule has 1 aliphatic rings. The van der Waals surface area contributed by atoms with Crippen LogP contribution in [-0.2, 0) is 0 Å². The molecule has 1 N–H and O–H groups in total. The molecule has 32 heavy (non-hydrogen) atoms. The number of halogens is 1. The van der Waals surface area contributed by atoms with Crippen LogP contribution in [0.5, 0.6) is 0 Å². The number of fused-ring (bicyclic) bond motifs is 3. The summed E-state index contributed by atoms with van der Waals surface area (Å²) in [6.45, 7) is 0. The van der Waals surface area contributed by atoms with E-state index in [1.54, 1.807) is 0 Å². The van der Waals surface area contributed by atoms with Gasteiger partial charge in [0.05, 0.1) is 0 Å². The molecular weight excluding hydrogens is 418 g/mol. The molecule has 0 bridgehead atoms. The predicted octanol–water partition coefficient (Wildman–Crippen LogP) is 6.90. The molecule has 0 aliphatic carbocycles. The highest BCUT2D eigenvalue weighted by molar-refractivity contribution is 6.66. The molecule has 5 aromatic rings. The second kappa shape index (κ2) is 7.66. The van der Waals surface area contributed by atoms with Gasteiger partial charge in [0, 0.05) is 16.3 Å². The molecule has 1 unspecified atom stereocenters. The molecule has 0 amide bonds. The van der Waals surface area contributed by atoms with E-state index in [9.17, 15) is 0 Å². The molecule has 1 aromatic heterocycles. The molecule has 154 valence electrons. The zero-order valence-electron chi connectivity index (χ0n) is 17.0. The van der Waals surface area contributed by atoms with E-state index in [1.807, 2.05) is 54.6 Å². The van der Waals surface area contributed by atoms with Gasteiger partial charge in [-0.25, -0.2) is 9.98 Å². The highest BCUT2D eigenvalue weighted by Gasteiger charge is 2.21. The Hall–Kier alpha value is -3.89. The van der Waals surface area contributed by atoms with E-state index in [2.05, 4.69) is 52.8 Å². The maximum absolute atomic E-state index is 6.41. The number of rotatable bonds is 3. The van der Waals surface area contributed by atoms with Crippen LogP contribution in [0.4, 0.5) is 0 Å². The Labute approximate surface area is 189 Å². The third-order valence-corrected chi connectivity index (χ3v) is 5.87. The van der Waals surface area contributed by atoms with E-state index in [4.69, 9.17) is 21.0 Å². The fraction of sp³-hybridized carbons (Fsp3) is 0.0370. The lowest BCUT2D eigenvalue weighted by Crippen LogP contribution is -2.32. The summed E-state index contributed by atoms with van der Waals surface area (Å²) in [5.41, 5.74) is 5.90. The predicted molar refractivity (Wildman–Crippen MR) is 131 cm³/mol. The summed E-state index contributed by atoms with van der Waals surface area (Å²) in [5.74, 6) is 0.680. The lowest BCUT2D eigenvalue weighted by atomic mass is 10.0. The maximum Gasteiger partial charge on any atom is 0.199 e. The van der Waals surface area contributed by atoms with Gasteiger partial charge in [0.1, 0.15) is 17.0 Å². The molecule has 5 heteroatoms. The van der Waals surface area contributed by atoms with Gasteiger partial charge in [-0.3, -0.25) is 0 Å². The van der Waals surface area contributed by atoms with Crippen molar-refractivity contribution in [1.29, 1.82) is 0 Å². The zero-order chi connectivity index (χ0) is 21.5. The molecule has 4 aromatic carbocycles. The first kappa shape index (κ1) is 18.8. The summed E-state index contributed by atoms with van der Waals surface area (Å²) in [7, 11) is 0. The number of hydrogen-bond donors (Lipinski definition) is 1. The monoisotopic (exact) mass is 435 g/mol. The van der Waals surface area contributed by atoms with E-state index in [-0.39, 0.29) is 0 Å². The minimum atomic E-state index is -0.419. The van der Waals surface area contributed by atoms with Crippen molar-refractivity contribution in [3.63, 3.8) is 0 Å². The number of nitrogens with zero attached hydrogens (tertiary/aromatic N) is 2. The molecule has 2 heterocycles. The maximum atomic E-state index is 6.41. The van der Waals surface area contributed by atoms with Crippen molar-refractivity contribution in [2.24, 2.45) is 9.98 Å². The van der Waals surface area contributed by atoms with Gasteiger partial charge in [0.15, 0.2) is 11.5 Å². The second-order valence-corrected chi connectivity index (χ2v) is 8.02. The standard InChI is InChI=1S/C27H18ClN3O/c28-27-30-25(19-15-13-18(14-16-19)17-7-2-1-3-8-17)29-26(31-27)21-10-6-12-23-24(21)20-9-4-5-11-22(20)32-23/h1-16,25H,(H,29,30,31). The van der Waals surface area contributed by atoms with Crippen molar-refractivity contribution in [3.05, 3.63) is 108 Å². The topological polar surface area (TPSA) is 49.9 Å². The van der Waals surface area contributed by atoms with Gasteiger partial charge in [-0.15, -0.1) is 0 Å². The average Bonchev–Trinajstić information content (AvgIpc) is 3.23. The van der Waals surface area contributed by atoms with Crippen molar-refractivity contribution in [2.45, 2.75) is 6.17 Å². The van der Waals surface area contributed by atoms with E-state index in [0.717, 1.165) is 38.6 Å². The van der Waals surface area contributed by atoms with E-state index in [0.29, 0.717) is 11.1 Å². The number of para-hydroxylation sites is 1. The third kappa shape index (κ3) is 3.26. The number of benzene rings is 4. The number of aliphatic imine (C=N–C) groups is 2.